The Morgan fingerprint density at radius 1 is 1.21 bits per heavy atom. The normalized spacial score (nSPS) is 35.8. The van der Waals surface area contributed by atoms with Crippen molar-refractivity contribution in [2.75, 3.05) is 34.3 Å². The highest BCUT2D eigenvalue weighted by atomic mass is 32.2. The lowest BCUT2D eigenvalue weighted by Crippen LogP contribution is -2.69. The van der Waals surface area contributed by atoms with Crippen LogP contribution in [-0.2, 0) is 31.8 Å². The van der Waals surface area contributed by atoms with Crippen LogP contribution in [0.25, 0.3) is 10.9 Å². The molecule has 0 aliphatic heterocycles. The molecule has 48 heavy (non-hydrogen) atoms. The summed E-state index contributed by atoms with van der Waals surface area (Å²) in [5, 5.41) is 33.1. The first-order chi connectivity index (χ1) is 22.4. The lowest BCUT2D eigenvalue weighted by molar-refractivity contribution is -0.219. The van der Waals surface area contributed by atoms with Gasteiger partial charge in [0.1, 0.15) is 12.2 Å². The van der Waals surface area contributed by atoms with Crippen LogP contribution in [0.15, 0.2) is 48.2 Å². The van der Waals surface area contributed by atoms with E-state index in [1.807, 2.05) is 38.5 Å². The second kappa shape index (κ2) is 12.9. The molecule has 0 radical (unpaired) electrons. The van der Waals surface area contributed by atoms with Gasteiger partial charge in [-0.25, -0.2) is 17.5 Å². The van der Waals surface area contributed by atoms with Crippen LogP contribution in [0.2, 0.25) is 0 Å². The first kappa shape index (κ1) is 36.5. The quantitative estimate of drug-likeness (QED) is 0.283. The van der Waals surface area contributed by atoms with Crippen molar-refractivity contribution in [2.24, 2.45) is 28.6 Å². The monoisotopic (exact) mass is 687 g/mol. The fraction of sp³-hybridized carbons (Fsp3) is 0.611. The average molecular weight is 688 g/mol. The second-order valence-electron chi connectivity index (χ2n) is 15.0. The summed E-state index contributed by atoms with van der Waals surface area (Å²) in [6, 6.07) is 5.75. The van der Waals surface area contributed by atoms with Crippen LogP contribution >= 0.6 is 0 Å². The summed E-state index contributed by atoms with van der Waals surface area (Å²) in [6.45, 7) is 5.44. The molecule has 4 aliphatic rings. The van der Waals surface area contributed by atoms with E-state index in [1.54, 1.807) is 26.8 Å². The Morgan fingerprint density at radius 3 is 2.56 bits per heavy atom. The molecule has 1 aromatic heterocycles. The molecule has 2 aromatic rings. The van der Waals surface area contributed by atoms with Gasteiger partial charge in [0, 0.05) is 40.4 Å². The minimum atomic E-state index is -3.23. The highest BCUT2D eigenvalue weighted by Crippen LogP contribution is 2.70. The number of allylic oxidation sites excluding steroid dienone is 4. The number of rotatable bonds is 8. The van der Waals surface area contributed by atoms with Gasteiger partial charge < -0.3 is 25.2 Å². The molecule has 12 heteroatoms. The van der Waals surface area contributed by atoms with Crippen LogP contribution in [0.5, 0.6) is 0 Å². The Balaban J connectivity index is 0.000000199. The molecule has 0 unspecified atom stereocenters. The van der Waals surface area contributed by atoms with Crippen molar-refractivity contribution < 1.29 is 37.7 Å². The summed E-state index contributed by atoms with van der Waals surface area (Å²) >= 11 is 0. The van der Waals surface area contributed by atoms with E-state index in [0.29, 0.717) is 24.8 Å². The molecular weight excluding hydrogens is 637 g/mol. The van der Waals surface area contributed by atoms with Crippen LogP contribution < -0.4 is 4.72 Å². The number of carbonyl (C=O) groups excluding carboxylic acids is 2. The SMILES string of the molecule is CNS(=O)(=O)Cc1ccc2[nH]cc(CCN(C)C)c2c1.C[C@@H]1C[C@H]2[C@@H]3CCC4=CC(=O)C=C[C@]4(C)[C@@]3(F)[C@@H](O)C[C@]2(C)[C@@]1(O)C(=O)CO. The molecular formula is C36H50FN3O7S. The maximum absolute atomic E-state index is 16.9. The molecule has 0 saturated heterocycles. The van der Waals surface area contributed by atoms with E-state index in [1.165, 1.54) is 24.8 Å². The molecule has 1 heterocycles. The number of nitrogens with zero attached hydrogens (tertiary/aromatic N) is 1. The molecule has 10 nitrogen and oxygen atoms in total. The van der Waals surface area contributed by atoms with Crippen molar-refractivity contribution in [1.82, 2.24) is 14.6 Å². The predicted octanol–water partition coefficient (Wildman–Crippen LogP) is 3.22. The zero-order valence-corrected chi connectivity index (χ0v) is 29.5. The van der Waals surface area contributed by atoms with Crippen LogP contribution in [0.3, 0.4) is 0 Å². The Labute approximate surface area is 282 Å². The molecule has 8 atom stereocenters. The van der Waals surface area contributed by atoms with E-state index < -0.39 is 62.5 Å². The molecule has 6 rings (SSSR count). The van der Waals surface area contributed by atoms with Crippen molar-refractivity contribution in [3.8, 4) is 0 Å². The lowest BCUT2D eigenvalue weighted by Gasteiger charge is -2.62. The molecule has 4 aliphatic carbocycles. The van der Waals surface area contributed by atoms with Gasteiger partial charge in [-0.15, -0.1) is 0 Å². The third-order valence-electron chi connectivity index (χ3n) is 12.1. The predicted molar refractivity (Wildman–Crippen MR) is 182 cm³/mol. The number of fused-ring (bicyclic) bond motifs is 6. The number of H-pyrrole nitrogens is 1. The number of hydrogen-bond acceptors (Lipinski definition) is 8. The van der Waals surface area contributed by atoms with Gasteiger partial charge in [-0.1, -0.05) is 31.6 Å². The van der Waals surface area contributed by atoms with E-state index in [4.69, 9.17) is 0 Å². The van der Waals surface area contributed by atoms with E-state index in [2.05, 4.69) is 14.6 Å². The smallest absolute Gasteiger partial charge is 0.215 e. The number of alkyl halides is 1. The molecule has 5 N–H and O–H groups in total. The number of likely N-dealkylation sites (N-methyl/N-ethyl adjacent to an activating group) is 1. The number of ketones is 2. The number of carbonyl (C=O) groups is 2. The van der Waals surface area contributed by atoms with Gasteiger partial charge in [-0.05, 0) is 107 Å². The van der Waals surface area contributed by atoms with Crippen LogP contribution in [0, 0.1) is 28.6 Å². The standard InChI is InChI=1S/C22H29FO5.C14H21N3O2S/c1-12-8-16-15-5-4-13-9-14(25)6-7-19(13,2)21(15,23)17(26)10-20(16,3)22(12,28)18(27)11-24;1-15-20(18,19)10-11-4-5-14-13(8-11)12(9-16-14)6-7-17(2)3/h6-7,9,12,15-17,24,26,28H,4-5,8,10-11H2,1-3H3;4-5,8-9,15-16H,6-7,10H2,1-3H3/t12-,15+,16+,17+,19+,20+,21+,22+;/m1./s1. The molecule has 3 saturated carbocycles. The van der Waals surface area contributed by atoms with E-state index in [-0.39, 0.29) is 23.9 Å². The maximum Gasteiger partial charge on any atom is 0.215 e. The van der Waals surface area contributed by atoms with Gasteiger partial charge in [0.15, 0.2) is 17.2 Å². The van der Waals surface area contributed by atoms with Crippen LogP contribution in [0.4, 0.5) is 4.39 Å². The van der Waals surface area contributed by atoms with Crippen molar-refractivity contribution >= 4 is 32.5 Å². The Morgan fingerprint density at radius 2 is 1.92 bits per heavy atom. The van der Waals surface area contributed by atoms with E-state index in [0.717, 1.165) is 29.4 Å². The number of benzene rings is 1. The topological polar surface area (TPSA) is 160 Å². The lowest BCUT2D eigenvalue weighted by atomic mass is 9.44. The molecule has 3 fully saturated rings. The zero-order valence-electron chi connectivity index (χ0n) is 28.7. The molecule has 0 spiro atoms. The van der Waals surface area contributed by atoms with Crippen molar-refractivity contribution in [3.63, 3.8) is 0 Å². The molecule has 0 bridgehead atoms. The highest BCUT2D eigenvalue weighted by molar-refractivity contribution is 7.88. The fourth-order valence-electron chi connectivity index (χ4n) is 9.42. The van der Waals surface area contributed by atoms with Gasteiger partial charge in [0.05, 0.1) is 11.9 Å². The van der Waals surface area contributed by atoms with Crippen molar-refractivity contribution in [2.45, 2.75) is 76.0 Å². The third kappa shape index (κ3) is 5.72. The summed E-state index contributed by atoms with van der Waals surface area (Å²) in [5.74, 6) is -2.11. The third-order valence-corrected chi connectivity index (χ3v) is 13.5. The van der Waals surface area contributed by atoms with Crippen molar-refractivity contribution in [3.05, 3.63) is 59.3 Å². The van der Waals surface area contributed by atoms with Crippen LogP contribution in [-0.4, -0.2) is 96.9 Å². The van der Waals surface area contributed by atoms with Gasteiger partial charge in [0.2, 0.25) is 10.0 Å². The number of aromatic amines is 1. The second-order valence-corrected chi connectivity index (χ2v) is 16.9. The number of aliphatic hydroxyl groups excluding tert-OH is 2. The number of aliphatic hydroxyl groups is 3. The summed E-state index contributed by atoms with van der Waals surface area (Å²) in [7, 11) is 2.29. The number of Topliss-reactive ketones (excluding diaryl/α,β-unsaturated/α-hetero) is 1. The number of halogens is 1. The molecule has 1 aromatic carbocycles. The molecule has 0 amide bonds. The summed E-state index contributed by atoms with van der Waals surface area (Å²) < 4.78 is 42.4. The Hall–Kier alpha value is -2.74. The number of nitrogens with one attached hydrogen (secondary N) is 2. The van der Waals surface area contributed by atoms with Crippen LogP contribution in [0.1, 0.15) is 57.6 Å². The molecule has 264 valence electrons. The van der Waals surface area contributed by atoms with Crippen molar-refractivity contribution in [1.29, 1.82) is 0 Å². The number of aromatic nitrogens is 1. The van der Waals surface area contributed by atoms with Gasteiger partial charge in [-0.3, -0.25) is 9.59 Å². The van der Waals surface area contributed by atoms with Gasteiger partial charge in [-0.2, -0.15) is 0 Å². The maximum atomic E-state index is 16.9. The van der Waals surface area contributed by atoms with Gasteiger partial charge >= 0.3 is 0 Å². The van der Waals surface area contributed by atoms with Gasteiger partial charge in [0.25, 0.3) is 0 Å². The fourth-order valence-corrected chi connectivity index (χ4v) is 10.2. The first-order valence-electron chi connectivity index (χ1n) is 16.7. The van der Waals surface area contributed by atoms with E-state index in [9.17, 15) is 33.3 Å². The number of sulfonamides is 1. The van der Waals surface area contributed by atoms with E-state index >= 15 is 4.39 Å². The largest absolute Gasteiger partial charge is 0.390 e. The first-order valence-corrected chi connectivity index (χ1v) is 18.4. The Bertz CT molecular complexity index is 1750. The number of hydrogen-bond donors (Lipinski definition) is 5. The zero-order chi connectivity index (χ0) is 35.4. The minimum Gasteiger partial charge on any atom is -0.390 e. The average Bonchev–Trinajstić information content (AvgIpc) is 3.52. The summed E-state index contributed by atoms with van der Waals surface area (Å²) in [4.78, 5) is 29.7. The minimum absolute atomic E-state index is 0.0116. The summed E-state index contributed by atoms with van der Waals surface area (Å²) in [6.07, 6.45) is 7.38. The Kier molecular flexibility index (Phi) is 9.79. The highest BCUT2D eigenvalue weighted by Gasteiger charge is 2.75. The summed E-state index contributed by atoms with van der Waals surface area (Å²) in [5.41, 5.74) is -2.10.